The molecule has 1 N–H and O–H groups in total. The molecule has 2 aliphatic heterocycles. The first-order valence-electron chi connectivity index (χ1n) is 12.7. The van der Waals surface area contributed by atoms with Crippen molar-refractivity contribution in [1.29, 1.82) is 0 Å². The van der Waals surface area contributed by atoms with Crippen LogP contribution in [0.3, 0.4) is 0 Å². The average molecular weight is 509 g/mol. The fourth-order valence-electron chi connectivity index (χ4n) is 5.11. The van der Waals surface area contributed by atoms with Crippen LogP contribution in [0.1, 0.15) is 41.2 Å². The third kappa shape index (κ3) is 6.24. The summed E-state index contributed by atoms with van der Waals surface area (Å²) in [5, 5.41) is 3.68. The Morgan fingerprint density at radius 2 is 1.83 bits per heavy atom. The second kappa shape index (κ2) is 11.9. The molecule has 0 radical (unpaired) electrons. The minimum Gasteiger partial charge on any atom is -0.423 e. The van der Waals surface area contributed by atoms with E-state index >= 15 is 0 Å². The highest BCUT2D eigenvalue weighted by Gasteiger charge is 2.27. The molecule has 2 fully saturated rings. The number of amides is 1. The average Bonchev–Trinajstić information content (AvgIpc) is 3.25. The number of nitrogens with one attached hydrogen (secondary N) is 1. The van der Waals surface area contributed by atoms with E-state index in [4.69, 9.17) is 16.0 Å². The molecule has 0 spiro atoms. The van der Waals surface area contributed by atoms with Crippen LogP contribution >= 0.6 is 11.6 Å². The minimum atomic E-state index is -0.237. The Hall–Kier alpha value is -2.94. The zero-order valence-electron chi connectivity index (χ0n) is 20.5. The summed E-state index contributed by atoms with van der Waals surface area (Å²) in [6.07, 6.45) is 6.84. The molecule has 3 aromatic rings. The van der Waals surface area contributed by atoms with Crippen LogP contribution in [0, 0.1) is 0 Å². The number of benzene rings is 1. The number of anilines is 1. The van der Waals surface area contributed by atoms with Gasteiger partial charge in [0.25, 0.3) is 5.91 Å². The molecular formula is C27H33ClN6O2. The molecule has 9 heteroatoms. The molecule has 36 heavy (non-hydrogen) atoms. The van der Waals surface area contributed by atoms with E-state index in [-0.39, 0.29) is 12.5 Å². The molecule has 0 saturated carbocycles. The number of aromatic nitrogens is 2. The highest BCUT2D eigenvalue weighted by Crippen LogP contribution is 2.24. The summed E-state index contributed by atoms with van der Waals surface area (Å²) in [5.74, 6) is 1.04. The van der Waals surface area contributed by atoms with E-state index in [0.29, 0.717) is 17.6 Å². The quantitative estimate of drug-likeness (QED) is 0.519. The molecule has 0 bridgehead atoms. The SMILES string of the molecule is O=C(NCc1ncc(N2CCCN(C3CCN(Cc4ccccc4Cl)CC3)CC2)o1)c1ccccn1. The van der Waals surface area contributed by atoms with Crippen molar-refractivity contribution in [2.24, 2.45) is 0 Å². The largest absolute Gasteiger partial charge is 0.423 e. The van der Waals surface area contributed by atoms with Crippen molar-refractivity contribution in [3.05, 3.63) is 77.0 Å². The van der Waals surface area contributed by atoms with Gasteiger partial charge in [0.1, 0.15) is 5.69 Å². The molecule has 2 aromatic heterocycles. The van der Waals surface area contributed by atoms with E-state index < -0.39 is 0 Å². The summed E-state index contributed by atoms with van der Waals surface area (Å²) in [7, 11) is 0. The van der Waals surface area contributed by atoms with Crippen LogP contribution in [0.5, 0.6) is 0 Å². The first-order valence-corrected chi connectivity index (χ1v) is 13.1. The van der Waals surface area contributed by atoms with Crippen molar-refractivity contribution in [2.75, 3.05) is 44.2 Å². The van der Waals surface area contributed by atoms with Crippen molar-refractivity contribution < 1.29 is 9.21 Å². The van der Waals surface area contributed by atoms with Gasteiger partial charge < -0.3 is 14.6 Å². The van der Waals surface area contributed by atoms with E-state index in [1.165, 1.54) is 18.4 Å². The van der Waals surface area contributed by atoms with Crippen molar-refractivity contribution in [1.82, 2.24) is 25.1 Å². The van der Waals surface area contributed by atoms with E-state index in [0.717, 1.165) is 63.1 Å². The Labute approximate surface area is 217 Å². The van der Waals surface area contributed by atoms with Crippen LogP contribution in [0.4, 0.5) is 5.88 Å². The summed E-state index contributed by atoms with van der Waals surface area (Å²) in [5.41, 5.74) is 1.59. The lowest BCUT2D eigenvalue weighted by Gasteiger charge is -2.38. The van der Waals surface area contributed by atoms with Crippen molar-refractivity contribution >= 4 is 23.4 Å². The molecule has 0 unspecified atom stereocenters. The Bertz CT molecular complexity index is 1130. The van der Waals surface area contributed by atoms with Gasteiger partial charge in [-0.25, -0.2) is 4.98 Å². The highest BCUT2D eigenvalue weighted by atomic mass is 35.5. The number of piperidine rings is 1. The molecule has 5 rings (SSSR count). The molecule has 8 nitrogen and oxygen atoms in total. The van der Waals surface area contributed by atoms with Crippen molar-refractivity contribution in [3.63, 3.8) is 0 Å². The fourth-order valence-corrected chi connectivity index (χ4v) is 5.30. The number of halogens is 1. The number of hydrogen-bond donors (Lipinski definition) is 1. The fraction of sp³-hybridized carbons (Fsp3) is 0.444. The van der Waals surface area contributed by atoms with Gasteiger partial charge in [-0.05, 0) is 56.1 Å². The number of oxazole rings is 1. The number of carbonyl (C=O) groups is 1. The van der Waals surface area contributed by atoms with Gasteiger partial charge in [0, 0.05) is 50.0 Å². The van der Waals surface area contributed by atoms with E-state index in [9.17, 15) is 4.79 Å². The Morgan fingerprint density at radius 3 is 2.64 bits per heavy atom. The lowest BCUT2D eigenvalue weighted by Crippen LogP contribution is -2.45. The molecule has 0 atom stereocenters. The first-order chi connectivity index (χ1) is 17.7. The predicted octanol–water partition coefficient (Wildman–Crippen LogP) is 3.83. The number of rotatable bonds is 7. The van der Waals surface area contributed by atoms with Crippen LogP contribution < -0.4 is 10.2 Å². The number of hydrogen-bond acceptors (Lipinski definition) is 7. The molecule has 1 amide bonds. The first kappa shape index (κ1) is 24.7. The van der Waals surface area contributed by atoms with Gasteiger partial charge in [-0.3, -0.25) is 19.6 Å². The van der Waals surface area contributed by atoms with Crippen LogP contribution in [-0.2, 0) is 13.1 Å². The summed E-state index contributed by atoms with van der Waals surface area (Å²) in [4.78, 5) is 28.1. The Morgan fingerprint density at radius 1 is 1.00 bits per heavy atom. The molecule has 2 aliphatic rings. The molecular weight excluding hydrogens is 476 g/mol. The monoisotopic (exact) mass is 508 g/mol. The van der Waals surface area contributed by atoms with E-state index in [1.807, 2.05) is 12.1 Å². The number of pyridine rings is 1. The van der Waals surface area contributed by atoms with Gasteiger partial charge in [-0.15, -0.1) is 0 Å². The maximum Gasteiger partial charge on any atom is 0.270 e. The van der Waals surface area contributed by atoms with Gasteiger partial charge >= 0.3 is 0 Å². The molecule has 0 aliphatic carbocycles. The van der Waals surface area contributed by atoms with Crippen molar-refractivity contribution in [3.8, 4) is 0 Å². The third-order valence-corrected chi connectivity index (χ3v) is 7.48. The van der Waals surface area contributed by atoms with Crippen LogP contribution in [0.25, 0.3) is 0 Å². The topological polar surface area (TPSA) is 77.7 Å². The van der Waals surface area contributed by atoms with Crippen LogP contribution in [0.15, 0.2) is 59.3 Å². The summed E-state index contributed by atoms with van der Waals surface area (Å²) in [6, 6.07) is 14.0. The lowest BCUT2D eigenvalue weighted by atomic mass is 10.0. The highest BCUT2D eigenvalue weighted by molar-refractivity contribution is 6.31. The summed E-state index contributed by atoms with van der Waals surface area (Å²) < 4.78 is 5.97. The standard InChI is InChI=1S/C27H33ClN6O2/c28-23-7-2-1-6-21(23)20-32-14-9-22(10-15-32)33-12-5-13-34(17-16-33)26-19-30-25(36-26)18-31-27(35)24-8-3-4-11-29-24/h1-4,6-8,11,19,22H,5,9-10,12-18,20H2,(H,31,35). The zero-order valence-corrected chi connectivity index (χ0v) is 21.2. The molecule has 190 valence electrons. The van der Waals surface area contributed by atoms with Gasteiger partial charge in [0.2, 0.25) is 11.8 Å². The minimum absolute atomic E-state index is 0.237. The van der Waals surface area contributed by atoms with Crippen LogP contribution in [-0.4, -0.2) is 71.0 Å². The Kier molecular flexibility index (Phi) is 8.15. The second-order valence-corrected chi connectivity index (χ2v) is 9.87. The normalized spacial score (nSPS) is 18.2. The second-order valence-electron chi connectivity index (χ2n) is 9.47. The van der Waals surface area contributed by atoms with Crippen LogP contribution in [0.2, 0.25) is 5.02 Å². The lowest BCUT2D eigenvalue weighted by molar-refractivity contribution is 0.0942. The maximum atomic E-state index is 12.2. The summed E-state index contributed by atoms with van der Waals surface area (Å²) >= 11 is 6.36. The third-order valence-electron chi connectivity index (χ3n) is 7.11. The van der Waals surface area contributed by atoms with Gasteiger partial charge in [0.15, 0.2) is 0 Å². The molecule has 2 saturated heterocycles. The molecule has 4 heterocycles. The smallest absolute Gasteiger partial charge is 0.270 e. The van der Waals surface area contributed by atoms with Gasteiger partial charge in [-0.1, -0.05) is 35.9 Å². The number of nitrogens with zero attached hydrogens (tertiary/aromatic N) is 5. The van der Waals surface area contributed by atoms with Crippen molar-refractivity contribution in [2.45, 2.75) is 38.4 Å². The van der Waals surface area contributed by atoms with E-state index in [2.05, 4.69) is 42.1 Å². The predicted molar refractivity (Wildman–Crippen MR) is 140 cm³/mol. The zero-order chi connectivity index (χ0) is 24.7. The van der Waals surface area contributed by atoms with Gasteiger partial charge in [0.05, 0.1) is 12.7 Å². The maximum absolute atomic E-state index is 12.2. The number of carbonyl (C=O) groups excluding carboxylic acids is 1. The summed E-state index contributed by atoms with van der Waals surface area (Å²) in [6.45, 7) is 7.34. The Balaban J connectivity index is 1.08. The number of likely N-dealkylation sites (tertiary alicyclic amines) is 1. The van der Waals surface area contributed by atoms with Gasteiger partial charge in [-0.2, -0.15) is 0 Å². The molecule has 1 aromatic carbocycles. The van der Waals surface area contributed by atoms with E-state index in [1.54, 1.807) is 30.6 Å².